The smallest absolute Gasteiger partial charge is 0.264 e. The van der Waals surface area contributed by atoms with Crippen LogP contribution in [0, 0.1) is 6.92 Å². The molecule has 0 spiro atoms. The Kier molecular flexibility index (Phi) is 6.06. The second-order valence-corrected chi connectivity index (χ2v) is 8.11. The fourth-order valence-corrected chi connectivity index (χ4v) is 4.26. The molecule has 0 saturated carbocycles. The van der Waals surface area contributed by atoms with Crippen molar-refractivity contribution in [3.63, 3.8) is 0 Å². The SMILES string of the molecule is Cc1ccccc1N(CC(=O)NCc1ccncc1)S(=O)(=O)c1ccccc1. The van der Waals surface area contributed by atoms with Crippen LogP contribution in [0.25, 0.3) is 0 Å². The Labute approximate surface area is 164 Å². The Morgan fingerprint density at radius 2 is 1.61 bits per heavy atom. The molecule has 0 saturated heterocycles. The number of benzene rings is 2. The van der Waals surface area contributed by atoms with Gasteiger partial charge in [0.25, 0.3) is 10.0 Å². The fraction of sp³-hybridized carbons (Fsp3) is 0.143. The van der Waals surface area contributed by atoms with Gasteiger partial charge in [-0.25, -0.2) is 8.42 Å². The van der Waals surface area contributed by atoms with Gasteiger partial charge in [0.1, 0.15) is 6.54 Å². The molecule has 6 nitrogen and oxygen atoms in total. The summed E-state index contributed by atoms with van der Waals surface area (Å²) in [6.45, 7) is 1.80. The third-order valence-electron chi connectivity index (χ3n) is 4.24. The van der Waals surface area contributed by atoms with Crippen LogP contribution in [0.1, 0.15) is 11.1 Å². The zero-order valence-corrected chi connectivity index (χ0v) is 16.3. The van der Waals surface area contributed by atoms with Gasteiger partial charge in [0, 0.05) is 18.9 Å². The molecule has 0 radical (unpaired) electrons. The molecule has 0 fully saturated rings. The first-order valence-electron chi connectivity index (χ1n) is 8.77. The molecule has 144 valence electrons. The lowest BCUT2D eigenvalue weighted by atomic mass is 10.2. The summed E-state index contributed by atoms with van der Waals surface area (Å²) in [7, 11) is -3.89. The highest BCUT2D eigenvalue weighted by Gasteiger charge is 2.27. The molecule has 7 heteroatoms. The molecule has 28 heavy (non-hydrogen) atoms. The topological polar surface area (TPSA) is 79.4 Å². The fourth-order valence-electron chi connectivity index (χ4n) is 2.75. The second-order valence-electron chi connectivity index (χ2n) is 6.24. The summed E-state index contributed by atoms with van der Waals surface area (Å²) in [5.74, 6) is -0.389. The molecule has 0 aliphatic rings. The van der Waals surface area contributed by atoms with E-state index in [2.05, 4.69) is 10.3 Å². The highest BCUT2D eigenvalue weighted by molar-refractivity contribution is 7.92. The van der Waals surface area contributed by atoms with Gasteiger partial charge in [-0.2, -0.15) is 0 Å². The highest BCUT2D eigenvalue weighted by Crippen LogP contribution is 2.26. The second kappa shape index (κ2) is 8.67. The summed E-state index contributed by atoms with van der Waals surface area (Å²) in [5, 5.41) is 2.77. The number of pyridine rings is 1. The first kappa shape index (κ1) is 19.6. The number of hydrogen-bond donors (Lipinski definition) is 1. The molecule has 2 aromatic carbocycles. The third-order valence-corrected chi connectivity index (χ3v) is 6.02. The van der Waals surface area contributed by atoms with E-state index in [4.69, 9.17) is 0 Å². The van der Waals surface area contributed by atoms with Gasteiger partial charge in [-0.1, -0.05) is 36.4 Å². The average molecular weight is 395 g/mol. The summed E-state index contributed by atoms with van der Waals surface area (Å²) < 4.78 is 27.6. The van der Waals surface area contributed by atoms with Gasteiger partial charge in [0.2, 0.25) is 5.91 Å². The zero-order valence-electron chi connectivity index (χ0n) is 15.4. The first-order valence-corrected chi connectivity index (χ1v) is 10.2. The Balaban J connectivity index is 1.87. The summed E-state index contributed by atoms with van der Waals surface area (Å²) in [6, 6.07) is 18.8. The molecule has 3 rings (SSSR count). The number of para-hydroxylation sites is 1. The number of hydrogen-bond acceptors (Lipinski definition) is 4. The predicted octanol–water partition coefficient (Wildman–Crippen LogP) is 2.90. The molecule has 0 unspecified atom stereocenters. The van der Waals surface area contributed by atoms with E-state index >= 15 is 0 Å². The maximum Gasteiger partial charge on any atom is 0.264 e. The predicted molar refractivity (Wildman–Crippen MR) is 108 cm³/mol. The van der Waals surface area contributed by atoms with Gasteiger partial charge in [-0.05, 0) is 48.4 Å². The largest absolute Gasteiger partial charge is 0.350 e. The average Bonchev–Trinajstić information content (AvgIpc) is 2.72. The Morgan fingerprint density at radius 1 is 0.964 bits per heavy atom. The minimum Gasteiger partial charge on any atom is -0.350 e. The standard InChI is InChI=1S/C21H21N3O3S/c1-17-7-5-6-10-20(17)24(28(26,27)19-8-3-2-4-9-19)16-21(25)23-15-18-11-13-22-14-12-18/h2-14H,15-16H2,1H3,(H,23,25). The van der Waals surface area contributed by atoms with Crippen LogP contribution in [0.2, 0.25) is 0 Å². The van der Waals surface area contributed by atoms with E-state index in [-0.39, 0.29) is 17.3 Å². The third kappa shape index (κ3) is 4.55. The van der Waals surface area contributed by atoms with Crippen molar-refractivity contribution < 1.29 is 13.2 Å². The highest BCUT2D eigenvalue weighted by atomic mass is 32.2. The summed E-state index contributed by atoms with van der Waals surface area (Å²) >= 11 is 0. The summed E-state index contributed by atoms with van der Waals surface area (Å²) in [5.41, 5.74) is 2.13. The van der Waals surface area contributed by atoms with Crippen molar-refractivity contribution in [3.05, 3.63) is 90.3 Å². The number of carbonyl (C=O) groups is 1. The van der Waals surface area contributed by atoms with Crippen molar-refractivity contribution in [2.45, 2.75) is 18.4 Å². The molecule has 0 bridgehead atoms. The van der Waals surface area contributed by atoms with Crippen LogP contribution in [0.4, 0.5) is 5.69 Å². The monoisotopic (exact) mass is 395 g/mol. The van der Waals surface area contributed by atoms with Gasteiger partial charge < -0.3 is 5.32 Å². The molecule has 1 heterocycles. The number of sulfonamides is 1. The minimum atomic E-state index is -3.89. The molecule has 1 amide bonds. The Morgan fingerprint density at radius 3 is 2.29 bits per heavy atom. The molecule has 0 atom stereocenters. The number of nitrogens with one attached hydrogen (secondary N) is 1. The lowest BCUT2D eigenvalue weighted by Crippen LogP contribution is -2.41. The van der Waals surface area contributed by atoms with E-state index in [0.717, 1.165) is 15.4 Å². The maximum atomic E-state index is 13.2. The van der Waals surface area contributed by atoms with E-state index in [9.17, 15) is 13.2 Å². The molecule has 0 aliphatic heterocycles. The van der Waals surface area contributed by atoms with Crippen molar-refractivity contribution in [2.24, 2.45) is 0 Å². The molecule has 1 aromatic heterocycles. The van der Waals surface area contributed by atoms with Gasteiger partial charge in [-0.3, -0.25) is 14.1 Å². The normalized spacial score (nSPS) is 11.0. The van der Waals surface area contributed by atoms with Gasteiger partial charge in [-0.15, -0.1) is 0 Å². The van der Waals surface area contributed by atoms with Gasteiger partial charge >= 0.3 is 0 Å². The van der Waals surface area contributed by atoms with Crippen LogP contribution in [-0.4, -0.2) is 25.9 Å². The minimum absolute atomic E-state index is 0.139. The quantitative estimate of drug-likeness (QED) is 0.667. The number of nitrogens with zero attached hydrogens (tertiary/aromatic N) is 2. The molecular weight excluding hydrogens is 374 g/mol. The van der Waals surface area contributed by atoms with Crippen LogP contribution in [0.15, 0.2) is 84.0 Å². The number of rotatable bonds is 7. The summed E-state index contributed by atoms with van der Waals surface area (Å²) in [6.07, 6.45) is 3.28. The van der Waals surface area contributed by atoms with E-state index in [1.54, 1.807) is 54.9 Å². The van der Waals surface area contributed by atoms with E-state index < -0.39 is 10.0 Å². The number of anilines is 1. The molecule has 1 N–H and O–H groups in total. The van der Waals surface area contributed by atoms with Crippen molar-refractivity contribution >= 4 is 21.6 Å². The van der Waals surface area contributed by atoms with Crippen molar-refractivity contribution in [3.8, 4) is 0 Å². The lowest BCUT2D eigenvalue weighted by molar-refractivity contribution is -0.119. The van der Waals surface area contributed by atoms with Crippen molar-refractivity contribution in [1.29, 1.82) is 0 Å². The number of carbonyl (C=O) groups excluding carboxylic acids is 1. The number of amides is 1. The van der Waals surface area contributed by atoms with E-state index in [0.29, 0.717) is 12.2 Å². The van der Waals surface area contributed by atoms with Gasteiger partial charge in [0.05, 0.1) is 10.6 Å². The van der Waals surface area contributed by atoms with E-state index in [1.807, 2.05) is 19.1 Å². The maximum absolute atomic E-state index is 13.2. The van der Waals surface area contributed by atoms with Crippen LogP contribution >= 0.6 is 0 Å². The van der Waals surface area contributed by atoms with Gasteiger partial charge in [0.15, 0.2) is 0 Å². The molecule has 0 aliphatic carbocycles. The van der Waals surface area contributed by atoms with Crippen molar-refractivity contribution in [2.75, 3.05) is 10.8 Å². The number of aromatic nitrogens is 1. The number of aryl methyl sites for hydroxylation is 1. The van der Waals surface area contributed by atoms with Crippen LogP contribution < -0.4 is 9.62 Å². The Bertz CT molecular complexity index is 1040. The van der Waals surface area contributed by atoms with Crippen LogP contribution in [0.5, 0.6) is 0 Å². The van der Waals surface area contributed by atoms with Crippen LogP contribution in [-0.2, 0) is 21.4 Å². The van der Waals surface area contributed by atoms with Crippen LogP contribution in [0.3, 0.4) is 0 Å². The zero-order chi connectivity index (χ0) is 20.0. The van der Waals surface area contributed by atoms with E-state index in [1.165, 1.54) is 12.1 Å². The lowest BCUT2D eigenvalue weighted by Gasteiger charge is -2.25. The Hall–Kier alpha value is -3.19. The molecular formula is C21H21N3O3S. The summed E-state index contributed by atoms with van der Waals surface area (Å²) in [4.78, 5) is 16.6. The first-order chi connectivity index (χ1) is 13.5. The van der Waals surface area contributed by atoms with Crippen molar-refractivity contribution in [1.82, 2.24) is 10.3 Å². The molecule has 3 aromatic rings.